The fraction of sp³-hybridized carbons (Fsp3) is 0.600. The fourth-order valence-corrected chi connectivity index (χ4v) is 2.48. The number of anilines is 2. The van der Waals surface area contributed by atoms with Crippen LogP contribution in [0, 0.1) is 0 Å². The van der Waals surface area contributed by atoms with E-state index in [2.05, 4.69) is 48.6 Å². The van der Waals surface area contributed by atoms with Gasteiger partial charge in [-0.05, 0) is 42.4 Å². The molecule has 7 heteroatoms. The molecule has 94 valence electrons. The smallest absolute Gasteiger partial charge is 0.159 e. The summed E-state index contributed by atoms with van der Waals surface area (Å²) in [6.07, 6.45) is 3.86. The molecule has 17 heavy (non-hydrogen) atoms. The summed E-state index contributed by atoms with van der Waals surface area (Å²) in [4.78, 5) is 10.6. The van der Waals surface area contributed by atoms with Gasteiger partial charge in [0.2, 0.25) is 0 Å². The molecule has 0 radical (unpaired) electrons. The molecule has 1 fully saturated rings. The molecule has 2 rings (SSSR count). The predicted octanol–water partition coefficient (Wildman–Crippen LogP) is 1.03. The summed E-state index contributed by atoms with van der Waals surface area (Å²) in [7, 11) is 2.13. The molecule has 1 atom stereocenters. The van der Waals surface area contributed by atoms with Gasteiger partial charge in [0.15, 0.2) is 5.82 Å². The Bertz CT molecular complexity index is 385. The molecule has 6 nitrogen and oxygen atoms in total. The van der Waals surface area contributed by atoms with E-state index < -0.39 is 0 Å². The lowest BCUT2D eigenvalue weighted by Gasteiger charge is -2.30. The van der Waals surface area contributed by atoms with Crippen molar-refractivity contribution in [3.05, 3.63) is 10.8 Å². The van der Waals surface area contributed by atoms with Crippen LogP contribution in [0.2, 0.25) is 0 Å². The Kier molecular flexibility index (Phi) is 4.14. The van der Waals surface area contributed by atoms with Gasteiger partial charge in [0.25, 0.3) is 0 Å². The van der Waals surface area contributed by atoms with E-state index in [4.69, 9.17) is 5.84 Å². The van der Waals surface area contributed by atoms with Crippen molar-refractivity contribution in [3.8, 4) is 0 Å². The molecule has 1 aromatic rings. The fourth-order valence-electron chi connectivity index (χ4n) is 2.05. The lowest BCUT2D eigenvalue weighted by atomic mass is 10.1. The summed E-state index contributed by atoms with van der Waals surface area (Å²) in [6.45, 7) is 2.19. The maximum Gasteiger partial charge on any atom is 0.159 e. The van der Waals surface area contributed by atoms with Crippen LogP contribution in [0.1, 0.15) is 12.8 Å². The number of likely N-dealkylation sites (tertiary alicyclic amines) is 1. The Morgan fingerprint density at radius 2 is 2.24 bits per heavy atom. The Morgan fingerprint density at radius 3 is 2.94 bits per heavy atom. The van der Waals surface area contributed by atoms with E-state index in [1.807, 2.05) is 0 Å². The molecule has 1 aromatic heterocycles. The van der Waals surface area contributed by atoms with Crippen LogP contribution in [0.15, 0.2) is 10.8 Å². The third-order valence-electron chi connectivity index (χ3n) is 2.89. The van der Waals surface area contributed by atoms with Crippen LogP contribution in [0.4, 0.5) is 11.6 Å². The van der Waals surface area contributed by atoms with Crippen LogP contribution >= 0.6 is 15.9 Å². The van der Waals surface area contributed by atoms with Crippen molar-refractivity contribution in [2.75, 3.05) is 30.9 Å². The molecule has 2 heterocycles. The van der Waals surface area contributed by atoms with Crippen LogP contribution < -0.4 is 16.6 Å². The van der Waals surface area contributed by atoms with Crippen molar-refractivity contribution in [1.82, 2.24) is 14.9 Å². The van der Waals surface area contributed by atoms with E-state index in [1.54, 1.807) is 0 Å². The quantitative estimate of drug-likeness (QED) is 0.572. The van der Waals surface area contributed by atoms with Gasteiger partial charge < -0.3 is 15.6 Å². The second-order valence-corrected chi connectivity index (χ2v) is 5.07. The minimum absolute atomic E-state index is 0.422. The SMILES string of the molecule is CN1CCCC(Nc2ncnc(NN)c2Br)C1. The first-order valence-corrected chi connectivity index (χ1v) is 6.42. The van der Waals surface area contributed by atoms with Crippen molar-refractivity contribution >= 4 is 27.6 Å². The highest BCUT2D eigenvalue weighted by atomic mass is 79.9. The van der Waals surface area contributed by atoms with Gasteiger partial charge in [-0.25, -0.2) is 15.8 Å². The molecule has 0 aromatic carbocycles. The Labute approximate surface area is 109 Å². The molecule has 1 aliphatic rings. The number of nitrogens with zero attached hydrogens (tertiary/aromatic N) is 3. The van der Waals surface area contributed by atoms with Gasteiger partial charge >= 0.3 is 0 Å². The van der Waals surface area contributed by atoms with Crippen LogP contribution in [-0.4, -0.2) is 41.0 Å². The number of piperidine rings is 1. The predicted molar refractivity (Wildman–Crippen MR) is 71.7 cm³/mol. The first kappa shape index (κ1) is 12.5. The van der Waals surface area contributed by atoms with Crippen LogP contribution in [0.5, 0.6) is 0 Å². The lowest BCUT2D eigenvalue weighted by molar-refractivity contribution is 0.260. The first-order valence-electron chi connectivity index (χ1n) is 5.63. The monoisotopic (exact) mass is 300 g/mol. The molecule has 0 bridgehead atoms. The number of nitrogen functional groups attached to an aromatic ring is 1. The highest BCUT2D eigenvalue weighted by Crippen LogP contribution is 2.27. The Morgan fingerprint density at radius 1 is 1.47 bits per heavy atom. The van der Waals surface area contributed by atoms with E-state index in [0.29, 0.717) is 11.9 Å². The summed E-state index contributed by atoms with van der Waals surface area (Å²) >= 11 is 3.44. The molecular formula is C10H17BrN6. The zero-order valence-corrected chi connectivity index (χ0v) is 11.4. The number of likely N-dealkylation sites (N-methyl/N-ethyl adjacent to an activating group) is 1. The van der Waals surface area contributed by atoms with Gasteiger partial charge in [-0.15, -0.1) is 0 Å². The molecule has 0 aliphatic carbocycles. The number of nitrogens with one attached hydrogen (secondary N) is 2. The van der Waals surface area contributed by atoms with Gasteiger partial charge in [0.1, 0.15) is 16.6 Å². The standard InChI is InChI=1S/C10H17BrN6/c1-17-4-2-3-7(5-17)15-9-8(11)10(16-12)14-6-13-9/h6-7H,2-5,12H2,1H3,(H2,13,14,15,16). The molecular weight excluding hydrogens is 284 g/mol. The molecule has 4 N–H and O–H groups in total. The Hall–Kier alpha value is -0.920. The minimum Gasteiger partial charge on any atom is -0.365 e. The number of hydrazine groups is 1. The number of aromatic nitrogens is 2. The summed E-state index contributed by atoms with van der Waals surface area (Å²) in [5.74, 6) is 6.74. The maximum absolute atomic E-state index is 5.37. The van der Waals surface area contributed by atoms with E-state index in [-0.39, 0.29) is 0 Å². The highest BCUT2D eigenvalue weighted by molar-refractivity contribution is 9.10. The summed E-state index contributed by atoms with van der Waals surface area (Å²) in [6, 6.07) is 0.422. The van der Waals surface area contributed by atoms with Gasteiger partial charge in [0, 0.05) is 12.6 Å². The summed E-state index contributed by atoms with van der Waals surface area (Å²) < 4.78 is 0.774. The zero-order chi connectivity index (χ0) is 12.3. The molecule has 0 amide bonds. The van der Waals surface area contributed by atoms with E-state index in [0.717, 1.165) is 23.3 Å². The summed E-state index contributed by atoms with van der Waals surface area (Å²) in [5, 5.41) is 3.42. The van der Waals surface area contributed by atoms with Crippen molar-refractivity contribution in [2.24, 2.45) is 5.84 Å². The Balaban J connectivity index is 2.07. The van der Waals surface area contributed by atoms with Crippen LogP contribution in [-0.2, 0) is 0 Å². The molecule has 1 saturated heterocycles. The third-order valence-corrected chi connectivity index (χ3v) is 3.64. The lowest BCUT2D eigenvalue weighted by Crippen LogP contribution is -2.40. The second-order valence-electron chi connectivity index (χ2n) is 4.27. The van der Waals surface area contributed by atoms with E-state index in [1.165, 1.54) is 19.3 Å². The molecule has 1 aliphatic heterocycles. The maximum atomic E-state index is 5.37. The third kappa shape index (κ3) is 3.05. The van der Waals surface area contributed by atoms with Gasteiger partial charge in [0.05, 0.1) is 0 Å². The topological polar surface area (TPSA) is 79.1 Å². The van der Waals surface area contributed by atoms with Crippen molar-refractivity contribution in [1.29, 1.82) is 0 Å². The average molecular weight is 301 g/mol. The number of halogens is 1. The molecule has 0 spiro atoms. The largest absolute Gasteiger partial charge is 0.365 e. The zero-order valence-electron chi connectivity index (χ0n) is 9.78. The van der Waals surface area contributed by atoms with Crippen LogP contribution in [0.25, 0.3) is 0 Å². The van der Waals surface area contributed by atoms with Crippen molar-refractivity contribution in [2.45, 2.75) is 18.9 Å². The van der Waals surface area contributed by atoms with Crippen molar-refractivity contribution < 1.29 is 0 Å². The molecule has 1 unspecified atom stereocenters. The van der Waals surface area contributed by atoms with E-state index in [9.17, 15) is 0 Å². The number of nitrogens with two attached hydrogens (primary N) is 1. The normalized spacial score (nSPS) is 21.2. The van der Waals surface area contributed by atoms with Gasteiger partial charge in [-0.2, -0.15) is 0 Å². The van der Waals surface area contributed by atoms with Gasteiger partial charge in [-0.3, -0.25) is 0 Å². The highest BCUT2D eigenvalue weighted by Gasteiger charge is 2.18. The first-order chi connectivity index (χ1) is 8.20. The molecule has 0 saturated carbocycles. The summed E-state index contributed by atoms with van der Waals surface area (Å²) in [5.41, 5.74) is 2.53. The number of hydrogen-bond donors (Lipinski definition) is 3. The van der Waals surface area contributed by atoms with Crippen molar-refractivity contribution in [3.63, 3.8) is 0 Å². The van der Waals surface area contributed by atoms with Gasteiger partial charge in [-0.1, -0.05) is 0 Å². The number of hydrogen-bond acceptors (Lipinski definition) is 6. The minimum atomic E-state index is 0.422. The van der Waals surface area contributed by atoms with Crippen LogP contribution in [0.3, 0.4) is 0 Å². The van der Waals surface area contributed by atoms with E-state index >= 15 is 0 Å². The number of rotatable bonds is 3. The average Bonchev–Trinajstić information content (AvgIpc) is 2.32. The second kappa shape index (κ2) is 5.61.